The number of anilines is 2. The number of H-pyrrole nitrogens is 1. The highest BCUT2D eigenvalue weighted by Crippen LogP contribution is 2.30. The van der Waals surface area contributed by atoms with Crippen LogP contribution < -0.4 is 11.1 Å². The van der Waals surface area contributed by atoms with Crippen LogP contribution in [0.4, 0.5) is 11.6 Å². The summed E-state index contributed by atoms with van der Waals surface area (Å²) in [6, 6.07) is 7.66. The van der Waals surface area contributed by atoms with E-state index in [1.807, 2.05) is 30.5 Å². The lowest BCUT2D eigenvalue weighted by Crippen LogP contribution is -2.07. The molecule has 6 nitrogen and oxygen atoms in total. The molecule has 0 saturated carbocycles. The number of aliphatic hydroxyl groups excluding tert-OH is 1. The summed E-state index contributed by atoms with van der Waals surface area (Å²) in [5.74, 6) is 1.19. The minimum atomic E-state index is 0.0575. The number of fused-ring (bicyclic) bond motifs is 1. The van der Waals surface area contributed by atoms with Gasteiger partial charge in [-0.05, 0) is 35.4 Å². The molecular weight excluding hydrogens is 254 g/mol. The van der Waals surface area contributed by atoms with E-state index in [-0.39, 0.29) is 6.61 Å². The molecule has 0 spiro atoms. The maximum Gasteiger partial charge on any atom is 0.140 e. The van der Waals surface area contributed by atoms with Crippen LogP contribution in [0.1, 0.15) is 0 Å². The van der Waals surface area contributed by atoms with Crippen molar-refractivity contribution in [2.45, 2.75) is 0 Å². The average Bonchev–Trinajstić information content (AvgIpc) is 2.92. The Morgan fingerprint density at radius 2 is 2.20 bits per heavy atom. The van der Waals surface area contributed by atoms with E-state index in [0.29, 0.717) is 18.2 Å². The fourth-order valence-corrected chi connectivity index (χ4v) is 2.17. The van der Waals surface area contributed by atoms with E-state index in [1.165, 1.54) is 0 Å². The van der Waals surface area contributed by atoms with Crippen LogP contribution >= 0.6 is 0 Å². The Morgan fingerprint density at radius 1 is 1.30 bits per heavy atom. The summed E-state index contributed by atoms with van der Waals surface area (Å²) in [7, 11) is 0. The molecule has 0 fully saturated rings. The van der Waals surface area contributed by atoms with Gasteiger partial charge in [0.1, 0.15) is 17.3 Å². The van der Waals surface area contributed by atoms with Crippen LogP contribution in [0.25, 0.3) is 22.2 Å². The first-order valence-electron chi connectivity index (χ1n) is 6.32. The molecule has 20 heavy (non-hydrogen) atoms. The number of aliphatic hydroxyl groups is 1. The van der Waals surface area contributed by atoms with Gasteiger partial charge in [0, 0.05) is 24.3 Å². The summed E-state index contributed by atoms with van der Waals surface area (Å²) >= 11 is 0. The van der Waals surface area contributed by atoms with Gasteiger partial charge in [-0.2, -0.15) is 0 Å². The van der Waals surface area contributed by atoms with Crippen LogP contribution in [0.3, 0.4) is 0 Å². The van der Waals surface area contributed by atoms with Crippen molar-refractivity contribution in [3.63, 3.8) is 0 Å². The Bertz CT molecular complexity index is 737. The van der Waals surface area contributed by atoms with Crippen LogP contribution in [-0.4, -0.2) is 33.2 Å². The van der Waals surface area contributed by atoms with E-state index in [4.69, 9.17) is 10.8 Å². The van der Waals surface area contributed by atoms with E-state index in [2.05, 4.69) is 20.3 Å². The molecule has 0 saturated heterocycles. The summed E-state index contributed by atoms with van der Waals surface area (Å²) in [6.07, 6.45) is 3.53. The Labute approximate surface area is 115 Å². The number of aromatic amines is 1. The van der Waals surface area contributed by atoms with Crippen molar-refractivity contribution in [3.8, 4) is 11.1 Å². The van der Waals surface area contributed by atoms with Gasteiger partial charge in [-0.1, -0.05) is 0 Å². The van der Waals surface area contributed by atoms with Crippen molar-refractivity contribution in [2.75, 3.05) is 24.2 Å². The van der Waals surface area contributed by atoms with Crippen LogP contribution in [0.2, 0.25) is 0 Å². The van der Waals surface area contributed by atoms with Gasteiger partial charge in [-0.25, -0.2) is 9.97 Å². The molecule has 3 heterocycles. The topological polar surface area (TPSA) is 99.9 Å². The highest BCUT2D eigenvalue weighted by Gasteiger charge is 2.09. The second-order valence-corrected chi connectivity index (χ2v) is 4.41. The van der Waals surface area contributed by atoms with Gasteiger partial charge in [0.25, 0.3) is 0 Å². The molecule has 0 aliphatic heterocycles. The maximum absolute atomic E-state index is 8.90. The molecule has 0 unspecified atom stereocenters. The van der Waals surface area contributed by atoms with Gasteiger partial charge in [0.15, 0.2) is 0 Å². The zero-order valence-electron chi connectivity index (χ0n) is 10.8. The van der Waals surface area contributed by atoms with Crippen molar-refractivity contribution in [3.05, 3.63) is 36.7 Å². The molecule has 0 atom stereocenters. The monoisotopic (exact) mass is 269 g/mol. The van der Waals surface area contributed by atoms with Gasteiger partial charge < -0.3 is 21.1 Å². The molecular formula is C14H15N5O. The van der Waals surface area contributed by atoms with E-state index in [9.17, 15) is 0 Å². The molecule has 3 aromatic heterocycles. The van der Waals surface area contributed by atoms with E-state index < -0.39 is 0 Å². The first kappa shape index (κ1) is 12.4. The Balaban J connectivity index is 2.14. The van der Waals surface area contributed by atoms with E-state index in [1.54, 1.807) is 6.20 Å². The fourth-order valence-electron chi connectivity index (χ4n) is 2.17. The Kier molecular flexibility index (Phi) is 3.22. The first-order chi connectivity index (χ1) is 9.78. The van der Waals surface area contributed by atoms with E-state index in [0.717, 1.165) is 22.2 Å². The minimum Gasteiger partial charge on any atom is -0.395 e. The standard InChI is InChI=1S/C14H15N5O/c15-12-7-9(1-3-16-12)11-8-13(17-5-6-20)19-14-10(11)2-4-18-14/h1-4,7-8,20H,5-6H2,(H2,15,16)(H2,17,18,19). The molecule has 3 rings (SSSR count). The van der Waals surface area contributed by atoms with Crippen molar-refractivity contribution in [1.29, 1.82) is 0 Å². The molecule has 3 aromatic rings. The molecule has 0 aromatic carbocycles. The van der Waals surface area contributed by atoms with Crippen molar-refractivity contribution in [1.82, 2.24) is 15.0 Å². The van der Waals surface area contributed by atoms with E-state index >= 15 is 0 Å². The number of nitrogens with zero attached hydrogens (tertiary/aromatic N) is 2. The smallest absolute Gasteiger partial charge is 0.140 e. The molecule has 0 aliphatic rings. The summed E-state index contributed by atoms with van der Waals surface area (Å²) in [5.41, 5.74) is 8.54. The van der Waals surface area contributed by atoms with Crippen LogP contribution in [0, 0.1) is 0 Å². The molecule has 5 N–H and O–H groups in total. The summed E-state index contributed by atoms with van der Waals surface area (Å²) < 4.78 is 0. The Morgan fingerprint density at radius 3 is 3.00 bits per heavy atom. The Hall–Kier alpha value is -2.60. The lowest BCUT2D eigenvalue weighted by atomic mass is 10.0. The number of hydrogen-bond donors (Lipinski definition) is 4. The highest BCUT2D eigenvalue weighted by atomic mass is 16.3. The maximum atomic E-state index is 8.90. The number of nitrogen functional groups attached to an aromatic ring is 1. The molecule has 102 valence electrons. The SMILES string of the molecule is Nc1cc(-c2cc(NCCO)nc3[nH]ccc23)ccn1. The zero-order chi connectivity index (χ0) is 13.9. The third-order valence-corrected chi connectivity index (χ3v) is 3.04. The molecule has 0 bridgehead atoms. The van der Waals surface area contributed by atoms with Gasteiger partial charge in [0.2, 0.25) is 0 Å². The summed E-state index contributed by atoms with van der Waals surface area (Å²) in [6.45, 7) is 0.513. The number of aromatic nitrogens is 3. The predicted molar refractivity (Wildman–Crippen MR) is 79.3 cm³/mol. The first-order valence-corrected chi connectivity index (χ1v) is 6.32. The van der Waals surface area contributed by atoms with Crippen LogP contribution in [0.15, 0.2) is 36.7 Å². The van der Waals surface area contributed by atoms with Crippen molar-refractivity contribution < 1.29 is 5.11 Å². The largest absolute Gasteiger partial charge is 0.395 e. The van der Waals surface area contributed by atoms with Crippen LogP contribution in [0.5, 0.6) is 0 Å². The number of pyridine rings is 2. The van der Waals surface area contributed by atoms with Gasteiger partial charge in [-0.3, -0.25) is 0 Å². The number of nitrogens with two attached hydrogens (primary N) is 1. The van der Waals surface area contributed by atoms with Crippen molar-refractivity contribution >= 4 is 22.7 Å². The second-order valence-electron chi connectivity index (χ2n) is 4.41. The highest BCUT2D eigenvalue weighted by molar-refractivity contribution is 5.95. The summed E-state index contributed by atoms with van der Waals surface area (Å²) in [5, 5.41) is 13.0. The minimum absolute atomic E-state index is 0.0575. The molecule has 6 heteroatoms. The van der Waals surface area contributed by atoms with Crippen molar-refractivity contribution in [2.24, 2.45) is 0 Å². The lowest BCUT2D eigenvalue weighted by molar-refractivity contribution is 0.311. The summed E-state index contributed by atoms with van der Waals surface area (Å²) in [4.78, 5) is 11.6. The quantitative estimate of drug-likeness (QED) is 0.576. The molecule has 0 amide bonds. The fraction of sp³-hybridized carbons (Fsp3) is 0.143. The van der Waals surface area contributed by atoms with Gasteiger partial charge in [-0.15, -0.1) is 0 Å². The predicted octanol–water partition coefficient (Wildman–Crippen LogP) is 1.61. The van der Waals surface area contributed by atoms with Gasteiger partial charge in [0.05, 0.1) is 6.61 Å². The van der Waals surface area contributed by atoms with Crippen LogP contribution in [-0.2, 0) is 0 Å². The number of nitrogens with one attached hydrogen (secondary N) is 2. The third kappa shape index (κ3) is 2.28. The second kappa shape index (κ2) is 5.18. The van der Waals surface area contributed by atoms with Gasteiger partial charge >= 0.3 is 0 Å². The normalized spacial score (nSPS) is 10.8. The lowest BCUT2D eigenvalue weighted by Gasteiger charge is -2.09. The molecule has 0 aliphatic carbocycles. The average molecular weight is 269 g/mol. The zero-order valence-corrected chi connectivity index (χ0v) is 10.8. The molecule has 0 radical (unpaired) electrons. The number of hydrogen-bond acceptors (Lipinski definition) is 5. The number of rotatable bonds is 4. The third-order valence-electron chi connectivity index (χ3n) is 3.04.